The first-order valence-corrected chi connectivity index (χ1v) is 15.4. The van der Waals surface area contributed by atoms with Crippen LogP contribution in [0.2, 0.25) is 0 Å². The molecule has 0 spiro atoms. The Morgan fingerprint density at radius 2 is 1.64 bits per heavy atom. The van der Waals surface area contributed by atoms with E-state index in [2.05, 4.69) is 79.5 Å². The van der Waals surface area contributed by atoms with Crippen LogP contribution in [0, 0.1) is 41.4 Å². The van der Waals surface area contributed by atoms with Crippen LogP contribution in [0.1, 0.15) is 87.9 Å². The van der Waals surface area contributed by atoms with Crippen LogP contribution in [-0.2, 0) is 16.0 Å². The van der Waals surface area contributed by atoms with E-state index in [4.69, 9.17) is 0 Å². The maximum absolute atomic E-state index is 14.1. The predicted octanol–water partition coefficient (Wildman–Crippen LogP) is 6.87. The van der Waals surface area contributed by atoms with Gasteiger partial charge in [-0.15, -0.1) is 0 Å². The molecule has 1 N–H and O–H groups in total. The summed E-state index contributed by atoms with van der Waals surface area (Å²) in [4.78, 5) is 28.7. The molecule has 4 fully saturated rings. The molecule has 0 aromatic heterocycles. The van der Waals surface area contributed by atoms with E-state index in [9.17, 15) is 9.59 Å². The lowest BCUT2D eigenvalue weighted by molar-refractivity contribution is -0.159. The Morgan fingerprint density at radius 3 is 2.38 bits per heavy atom. The minimum atomic E-state index is -0.0231. The van der Waals surface area contributed by atoms with Gasteiger partial charge in [0.25, 0.3) is 0 Å². The molecule has 2 amide bonds. The van der Waals surface area contributed by atoms with E-state index in [1.165, 1.54) is 36.0 Å². The van der Waals surface area contributed by atoms with Crippen LogP contribution in [0.3, 0.4) is 0 Å². The van der Waals surface area contributed by atoms with E-state index in [0.29, 0.717) is 36.1 Å². The van der Waals surface area contributed by atoms with Crippen molar-refractivity contribution < 1.29 is 9.59 Å². The molecule has 6 rings (SSSR count). The number of piperidine rings is 1. The molecule has 2 aromatic carbocycles. The minimum Gasteiger partial charge on any atom is -0.349 e. The molecule has 3 unspecified atom stereocenters. The van der Waals surface area contributed by atoms with Gasteiger partial charge in [0.2, 0.25) is 11.8 Å². The number of aryl methyl sites for hydroxylation is 1. The lowest BCUT2D eigenvalue weighted by Crippen LogP contribution is -2.61. The van der Waals surface area contributed by atoms with Crippen molar-refractivity contribution in [2.45, 2.75) is 90.6 Å². The third-order valence-corrected chi connectivity index (χ3v) is 12.0. The second kappa shape index (κ2) is 10.1. The molecule has 4 nitrogen and oxygen atoms in total. The van der Waals surface area contributed by atoms with Crippen LogP contribution in [0.25, 0.3) is 0 Å². The van der Waals surface area contributed by atoms with E-state index in [1.54, 1.807) is 0 Å². The average Bonchev–Trinajstić information content (AvgIpc) is 3.30. The summed E-state index contributed by atoms with van der Waals surface area (Å²) in [5.41, 5.74) is 3.98. The Labute approximate surface area is 234 Å². The normalized spacial score (nSPS) is 36.5. The van der Waals surface area contributed by atoms with Crippen LogP contribution in [0.5, 0.6) is 0 Å². The molecule has 208 valence electrons. The fraction of sp³-hybridized carbons (Fsp3) is 0.600. The molecular formula is C35H46N2O2. The molecule has 8 atom stereocenters. The Hall–Kier alpha value is -2.62. The Morgan fingerprint density at radius 1 is 0.923 bits per heavy atom. The smallest absolute Gasteiger partial charge is 0.224 e. The summed E-state index contributed by atoms with van der Waals surface area (Å²) in [6.07, 6.45) is 9.36. The number of benzene rings is 2. The molecular weight excluding hydrogens is 480 g/mol. The molecule has 2 aromatic rings. The lowest BCUT2D eigenvalue weighted by Gasteiger charge is -2.61. The van der Waals surface area contributed by atoms with Crippen molar-refractivity contribution in [3.05, 3.63) is 71.3 Å². The summed E-state index contributed by atoms with van der Waals surface area (Å²) >= 11 is 0. The lowest BCUT2D eigenvalue weighted by atomic mass is 9.47. The summed E-state index contributed by atoms with van der Waals surface area (Å²) < 4.78 is 0. The van der Waals surface area contributed by atoms with Gasteiger partial charge < -0.3 is 10.2 Å². The molecule has 1 aliphatic heterocycles. The van der Waals surface area contributed by atoms with Crippen LogP contribution in [-0.4, -0.2) is 29.8 Å². The van der Waals surface area contributed by atoms with Gasteiger partial charge in [0.15, 0.2) is 0 Å². The Bertz CT molecular complexity index is 1210. The molecule has 0 radical (unpaired) electrons. The highest BCUT2D eigenvalue weighted by molar-refractivity contribution is 5.80. The summed E-state index contributed by atoms with van der Waals surface area (Å²) in [5, 5.41) is 3.55. The van der Waals surface area contributed by atoms with E-state index < -0.39 is 0 Å². The number of carbonyl (C=O) groups is 2. The molecule has 39 heavy (non-hydrogen) atoms. The second-order valence-corrected chi connectivity index (χ2v) is 13.8. The van der Waals surface area contributed by atoms with Crippen molar-refractivity contribution in [1.82, 2.24) is 10.2 Å². The molecule has 1 saturated heterocycles. The number of nitrogens with one attached hydrogen (secondary N) is 1. The van der Waals surface area contributed by atoms with Crippen LogP contribution in [0.15, 0.2) is 54.6 Å². The Balaban J connectivity index is 1.21. The van der Waals surface area contributed by atoms with Gasteiger partial charge in [0, 0.05) is 25.4 Å². The van der Waals surface area contributed by atoms with Crippen molar-refractivity contribution in [2.75, 3.05) is 7.05 Å². The SMILES string of the molecule is Cc1ccc(CC(NC(=O)C2CC[C@H]3[C@@H]4CCC5N(C)C(=O)CC[C@]5(C)[C@@H]4CC[C@]23C)c2ccccc2)cc1. The van der Waals surface area contributed by atoms with Crippen molar-refractivity contribution in [3.63, 3.8) is 0 Å². The summed E-state index contributed by atoms with van der Waals surface area (Å²) in [7, 11) is 2.04. The quantitative estimate of drug-likeness (QED) is 0.462. The van der Waals surface area contributed by atoms with Gasteiger partial charge in [-0.05, 0) is 98.0 Å². The molecule has 1 heterocycles. The van der Waals surface area contributed by atoms with Gasteiger partial charge in [-0.1, -0.05) is 74.0 Å². The first kappa shape index (κ1) is 26.6. The van der Waals surface area contributed by atoms with Crippen LogP contribution in [0.4, 0.5) is 0 Å². The zero-order chi connectivity index (χ0) is 27.4. The highest BCUT2D eigenvalue weighted by Gasteiger charge is 2.62. The zero-order valence-electron chi connectivity index (χ0n) is 24.3. The number of carbonyl (C=O) groups excluding carboxylic acids is 2. The van der Waals surface area contributed by atoms with E-state index in [0.717, 1.165) is 32.1 Å². The van der Waals surface area contributed by atoms with Gasteiger partial charge >= 0.3 is 0 Å². The van der Waals surface area contributed by atoms with Crippen molar-refractivity contribution >= 4 is 11.8 Å². The van der Waals surface area contributed by atoms with Crippen LogP contribution < -0.4 is 5.32 Å². The fourth-order valence-corrected chi connectivity index (χ4v) is 9.75. The number of amides is 2. The zero-order valence-corrected chi connectivity index (χ0v) is 24.3. The standard InChI is InChI=1S/C35H46N2O2/c1-23-10-12-24(13-11-23)22-30(25-8-6-5-7-9-25)36-33(39)29-16-15-27-26-14-17-31-35(3,21-19-32(38)37(31)4)28(26)18-20-34(27,29)2/h5-13,26-31H,14-22H2,1-4H3,(H,36,39)/t26-,27-,28+,29?,30?,31?,34-,35+/m0/s1. The molecule has 0 bridgehead atoms. The highest BCUT2D eigenvalue weighted by Crippen LogP contribution is 2.66. The van der Waals surface area contributed by atoms with Crippen LogP contribution >= 0.6 is 0 Å². The maximum Gasteiger partial charge on any atom is 0.224 e. The molecule has 3 saturated carbocycles. The number of nitrogens with zero attached hydrogens (tertiary/aromatic N) is 1. The highest BCUT2D eigenvalue weighted by atomic mass is 16.2. The second-order valence-electron chi connectivity index (χ2n) is 13.8. The number of rotatable bonds is 5. The first-order valence-electron chi connectivity index (χ1n) is 15.4. The topological polar surface area (TPSA) is 49.4 Å². The van der Waals surface area contributed by atoms with E-state index in [-0.39, 0.29) is 28.7 Å². The van der Waals surface area contributed by atoms with Gasteiger partial charge in [-0.25, -0.2) is 0 Å². The van der Waals surface area contributed by atoms with Crippen molar-refractivity contribution in [2.24, 2.45) is 34.5 Å². The number of likely N-dealkylation sites (tertiary alicyclic amines) is 1. The average molecular weight is 527 g/mol. The number of hydrogen-bond donors (Lipinski definition) is 1. The monoisotopic (exact) mass is 526 g/mol. The maximum atomic E-state index is 14.1. The third-order valence-electron chi connectivity index (χ3n) is 12.0. The van der Waals surface area contributed by atoms with E-state index >= 15 is 0 Å². The predicted molar refractivity (Wildman–Crippen MR) is 156 cm³/mol. The largest absolute Gasteiger partial charge is 0.349 e. The van der Waals surface area contributed by atoms with Crippen molar-refractivity contribution in [3.8, 4) is 0 Å². The van der Waals surface area contributed by atoms with Gasteiger partial charge in [0.05, 0.1) is 6.04 Å². The molecule has 4 aliphatic rings. The van der Waals surface area contributed by atoms with Gasteiger partial charge in [0.1, 0.15) is 0 Å². The summed E-state index contributed by atoms with van der Waals surface area (Å²) in [5.74, 6) is 2.62. The third kappa shape index (κ3) is 4.52. The molecule has 3 aliphatic carbocycles. The fourth-order valence-electron chi connectivity index (χ4n) is 9.75. The first-order chi connectivity index (χ1) is 18.7. The number of hydrogen-bond acceptors (Lipinski definition) is 2. The van der Waals surface area contributed by atoms with Gasteiger partial charge in [-0.3, -0.25) is 9.59 Å². The van der Waals surface area contributed by atoms with Crippen molar-refractivity contribution in [1.29, 1.82) is 0 Å². The van der Waals surface area contributed by atoms with Gasteiger partial charge in [-0.2, -0.15) is 0 Å². The minimum absolute atomic E-state index is 0.0231. The summed E-state index contributed by atoms with van der Waals surface area (Å²) in [6, 6.07) is 19.6. The number of fused-ring (bicyclic) bond motifs is 5. The summed E-state index contributed by atoms with van der Waals surface area (Å²) in [6.45, 7) is 7.04. The molecule has 4 heteroatoms. The van der Waals surface area contributed by atoms with E-state index in [1.807, 2.05) is 13.1 Å². The Kier molecular flexibility index (Phi) is 6.88.